The van der Waals surface area contributed by atoms with Gasteiger partial charge < -0.3 is 5.11 Å². The van der Waals surface area contributed by atoms with E-state index in [1.807, 2.05) is 0 Å². The fourth-order valence-corrected chi connectivity index (χ4v) is 7.67. The number of fused-ring (bicyclic) bond motifs is 5. The monoisotopic (exact) mass is 382 g/mol. The van der Waals surface area contributed by atoms with Gasteiger partial charge >= 0.3 is 0 Å². The van der Waals surface area contributed by atoms with E-state index in [9.17, 15) is 9.90 Å². The molecule has 0 saturated heterocycles. The number of carbonyl (C=O) groups is 1. The average molecular weight is 383 g/mol. The summed E-state index contributed by atoms with van der Waals surface area (Å²) in [4.78, 5) is 14.6. The Bertz CT molecular complexity index is 819. The minimum absolute atomic E-state index is 0.150. The molecule has 0 bridgehead atoms. The lowest BCUT2D eigenvalue weighted by Crippen LogP contribution is -2.50. The molecule has 0 aliphatic heterocycles. The van der Waals surface area contributed by atoms with Crippen LogP contribution in [-0.2, 0) is 4.79 Å². The summed E-state index contributed by atoms with van der Waals surface area (Å²) in [6, 6.07) is 4.18. The summed E-state index contributed by atoms with van der Waals surface area (Å²) in [5.41, 5.74) is 2.64. The van der Waals surface area contributed by atoms with E-state index in [1.165, 1.54) is 16.9 Å². The minimum atomic E-state index is -0.167. The maximum absolute atomic E-state index is 13.4. The van der Waals surface area contributed by atoms with Gasteiger partial charge in [0.1, 0.15) is 0 Å². The summed E-state index contributed by atoms with van der Waals surface area (Å²) in [5, 5.41) is 12.2. The van der Waals surface area contributed by atoms with Crippen molar-refractivity contribution in [1.29, 1.82) is 0 Å². The molecule has 144 valence electrons. The third kappa shape index (κ3) is 2.57. The van der Waals surface area contributed by atoms with Gasteiger partial charge in [-0.2, -0.15) is 0 Å². The van der Waals surface area contributed by atoms with Crippen LogP contribution >= 0.6 is 11.3 Å². The molecular weight excluding hydrogens is 352 g/mol. The molecule has 1 aromatic heterocycles. The van der Waals surface area contributed by atoms with Crippen LogP contribution in [0, 0.1) is 28.6 Å². The summed E-state index contributed by atoms with van der Waals surface area (Å²) in [6.45, 7) is 4.70. The molecule has 0 amide bonds. The first kappa shape index (κ1) is 17.9. The molecule has 0 unspecified atom stereocenters. The van der Waals surface area contributed by atoms with Gasteiger partial charge in [0.2, 0.25) is 0 Å². The second-order valence-corrected chi connectivity index (χ2v) is 10.8. The van der Waals surface area contributed by atoms with Crippen LogP contribution in [0.5, 0.6) is 0 Å². The Balaban J connectivity index is 1.49. The summed E-state index contributed by atoms with van der Waals surface area (Å²) < 4.78 is 0. The van der Waals surface area contributed by atoms with E-state index in [0.29, 0.717) is 23.5 Å². The predicted molar refractivity (Wildman–Crippen MR) is 110 cm³/mol. The second kappa shape index (κ2) is 6.15. The van der Waals surface area contributed by atoms with Crippen molar-refractivity contribution in [2.45, 2.75) is 64.9 Å². The van der Waals surface area contributed by atoms with Crippen LogP contribution in [0.25, 0.3) is 6.08 Å². The molecule has 3 saturated carbocycles. The first-order chi connectivity index (χ1) is 12.9. The Morgan fingerprint density at radius 3 is 2.74 bits per heavy atom. The molecule has 1 aromatic rings. The SMILES string of the molecule is C[C@@]12CC[C@H]3[C@H](CC=C4C[C@@H](O)CC[C@@]43C)[C@@H]1CC(=Cc1cccs1)C2=O. The average Bonchev–Trinajstić information content (AvgIpc) is 3.24. The van der Waals surface area contributed by atoms with E-state index < -0.39 is 0 Å². The molecule has 27 heavy (non-hydrogen) atoms. The quantitative estimate of drug-likeness (QED) is 0.504. The van der Waals surface area contributed by atoms with Gasteiger partial charge in [-0.25, -0.2) is 0 Å². The predicted octanol–water partition coefficient (Wildman–Crippen LogP) is 5.63. The smallest absolute Gasteiger partial charge is 0.165 e. The molecular formula is C24H30O2S. The number of Topliss-reactive ketones (excluding diaryl/α,β-unsaturated/α-hetero) is 1. The van der Waals surface area contributed by atoms with Crippen molar-refractivity contribution in [2.24, 2.45) is 28.6 Å². The summed E-state index contributed by atoms with van der Waals surface area (Å²) in [5.74, 6) is 2.19. The van der Waals surface area contributed by atoms with E-state index >= 15 is 0 Å². The van der Waals surface area contributed by atoms with Gasteiger partial charge in [0, 0.05) is 10.3 Å². The molecule has 5 rings (SSSR count). The van der Waals surface area contributed by atoms with E-state index in [-0.39, 0.29) is 16.9 Å². The largest absolute Gasteiger partial charge is 0.393 e. The van der Waals surface area contributed by atoms with Gasteiger partial charge in [-0.15, -0.1) is 11.3 Å². The van der Waals surface area contributed by atoms with Crippen molar-refractivity contribution >= 4 is 23.2 Å². The molecule has 1 heterocycles. The highest BCUT2D eigenvalue weighted by molar-refractivity contribution is 7.10. The highest BCUT2D eigenvalue weighted by Crippen LogP contribution is 2.64. The molecule has 4 aliphatic rings. The van der Waals surface area contributed by atoms with E-state index in [1.54, 1.807) is 11.3 Å². The summed E-state index contributed by atoms with van der Waals surface area (Å²) in [7, 11) is 0. The molecule has 4 aliphatic carbocycles. The third-order valence-electron chi connectivity index (χ3n) is 8.58. The normalized spacial score (nSPS) is 45.2. The van der Waals surface area contributed by atoms with Gasteiger partial charge in [-0.3, -0.25) is 4.79 Å². The van der Waals surface area contributed by atoms with Crippen molar-refractivity contribution in [3.63, 3.8) is 0 Å². The highest BCUT2D eigenvalue weighted by Gasteiger charge is 2.59. The molecule has 0 aromatic carbocycles. The Kier molecular flexibility index (Phi) is 4.07. The van der Waals surface area contributed by atoms with E-state index in [0.717, 1.165) is 44.1 Å². The van der Waals surface area contributed by atoms with Crippen molar-refractivity contribution < 1.29 is 9.90 Å². The standard InChI is InChI=1S/C24H30O2S/c1-23-9-7-17(25)14-16(23)5-6-19-20(23)8-10-24(2)21(19)13-15(22(24)26)12-18-4-3-11-27-18/h3-5,11-12,17,19-21,25H,6-10,13-14H2,1-2H3/t17-,19-,20-,21-,23-,24+/m0/s1. The van der Waals surface area contributed by atoms with Crippen molar-refractivity contribution in [3.05, 3.63) is 39.6 Å². The second-order valence-electron chi connectivity index (χ2n) is 9.83. The first-order valence-electron chi connectivity index (χ1n) is 10.6. The summed E-state index contributed by atoms with van der Waals surface area (Å²) in [6.07, 6.45) is 11.6. The lowest BCUT2D eigenvalue weighted by molar-refractivity contribution is -0.130. The van der Waals surface area contributed by atoms with Gasteiger partial charge in [-0.05, 0) is 91.2 Å². The molecule has 0 spiro atoms. The van der Waals surface area contributed by atoms with E-state index in [4.69, 9.17) is 0 Å². The van der Waals surface area contributed by atoms with Crippen LogP contribution < -0.4 is 0 Å². The molecule has 6 atom stereocenters. The Hall–Kier alpha value is -1.19. The number of aliphatic hydroxyl groups excluding tert-OH is 1. The van der Waals surface area contributed by atoms with Gasteiger partial charge in [-0.1, -0.05) is 31.6 Å². The fraction of sp³-hybridized carbons (Fsp3) is 0.625. The zero-order valence-corrected chi connectivity index (χ0v) is 17.2. The molecule has 1 N–H and O–H groups in total. The molecule has 2 nitrogen and oxygen atoms in total. The molecule has 3 fully saturated rings. The maximum atomic E-state index is 13.4. The van der Waals surface area contributed by atoms with Gasteiger partial charge in [0.15, 0.2) is 5.78 Å². The number of carbonyl (C=O) groups excluding carboxylic acids is 1. The van der Waals surface area contributed by atoms with Crippen LogP contribution in [0.2, 0.25) is 0 Å². The Morgan fingerprint density at radius 2 is 1.96 bits per heavy atom. The lowest BCUT2D eigenvalue weighted by Gasteiger charge is -2.56. The number of hydrogen-bond donors (Lipinski definition) is 1. The topological polar surface area (TPSA) is 37.3 Å². The van der Waals surface area contributed by atoms with Crippen molar-refractivity contribution in [3.8, 4) is 0 Å². The maximum Gasteiger partial charge on any atom is 0.165 e. The van der Waals surface area contributed by atoms with Crippen LogP contribution in [0.1, 0.15) is 63.7 Å². The lowest BCUT2D eigenvalue weighted by atomic mass is 9.48. The number of allylic oxidation sites excluding steroid dienone is 2. The Morgan fingerprint density at radius 1 is 1.15 bits per heavy atom. The van der Waals surface area contributed by atoms with Crippen molar-refractivity contribution in [1.82, 2.24) is 0 Å². The number of hydrogen-bond acceptors (Lipinski definition) is 3. The molecule has 3 heteroatoms. The zero-order chi connectivity index (χ0) is 18.8. The van der Waals surface area contributed by atoms with E-state index in [2.05, 4.69) is 43.5 Å². The first-order valence-corrected chi connectivity index (χ1v) is 11.5. The van der Waals surface area contributed by atoms with Crippen molar-refractivity contribution in [2.75, 3.05) is 0 Å². The fourth-order valence-electron chi connectivity index (χ4n) is 6.99. The zero-order valence-electron chi connectivity index (χ0n) is 16.4. The van der Waals surface area contributed by atoms with Crippen LogP contribution in [-0.4, -0.2) is 17.0 Å². The van der Waals surface area contributed by atoms with Crippen LogP contribution in [0.4, 0.5) is 0 Å². The Labute approximate surface area is 166 Å². The minimum Gasteiger partial charge on any atom is -0.393 e. The number of ketones is 1. The third-order valence-corrected chi connectivity index (χ3v) is 9.40. The number of thiophene rings is 1. The number of aliphatic hydroxyl groups is 1. The number of rotatable bonds is 1. The highest BCUT2D eigenvalue weighted by atomic mass is 32.1. The van der Waals surface area contributed by atoms with Crippen LogP contribution in [0.15, 0.2) is 34.7 Å². The summed E-state index contributed by atoms with van der Waals surface area (Å²) >= 11 is 1.72. The van der Waals surface area contributed by atoms with Gasteiger partial charge in [0.05, 0.1) is 6.10 Å². The van der Waals surface area contributed by atoms with Crippen LogP contribution in [0.3, 0.4) is 0 Å². The molecule has 0 radical (unpaired) electrons. The van der Waals surface area contributed by atoms with Gasteiger partial charge in [0.25, 0.3) is 0 Å².